The molecule has 0 aliphatic carbocycles. The third kappa shape index (κ3) is 3.49. The Labute approximate surface area is 127 Å². The summed E-state index contributed by atoms with van der Waals surface area (Å²) in [6, 6.07) is 9.58. The van der Waals surface area contributed by atoms with Crippen LogP contribution in [0.4, 0.5) is 0 Å². The molecule has 1 fully saturated rings. The van der Waals surface area contributed by atoms with E-state index in [2.05, 4.69) is 15.5 Å². The molecule has 2 N–H and O–H groups in total. The molecule has 2 aromatic rings. The van der Waals surface area contributed by atoms with Gasteiger partial charge in [0.2, 0.25) is 0 Å². The summed E-state index contributed by atoms with van der Waals surface area (Å²) in [6.45, 7) is 2.98. The first-order chi connectivity index (χ1) is 10.7. The lowest BCUT2D eigenvalue weighted by molar-refractivity contribution is -0.142. The number of nitrogens with zero attached hydrogens (tertiary/aromatic N) is 3. The van der Waals surface area contributed by atoms with Gasteiger partial charge in [-0.1, -0.05) is 23.4 Å². The lowest BCUT2D eigenvalue weighted by Gasteiger charge is -2.19. The molecule has 0 spiro atoms. The summed E-state index contributed by atoms with van der Waals surface area (Å²) in [4.78, 5) is 17.6. The first kappa shape index (κ1) is 14.7. The van der Waals surface area contributed by atoms with Crippen molar-refractivity contribution in [1.29, 1.82) is 0 Å². The van der Waals surface area contributed by atoms with Gasteiger partial charge in [0.25, 0.3) is 5.89 Å². The fraction of sp³-hybridized carbons (Fsp3) is 0.400. The van der Waals surface area contributed by atoms with Crippen molar-refractivity contribution in [2.45, 2.75) is 6.54 Å². The molecule has 0 bridgehead atoms. The van der Waals surface area contributed by atoms with Crippen molar-refractivity contribution < 1.29 is 14.4 Å². The quantitative estimate of drug-likeness (QED) is 0.864. The van der Waals surface area contributed by atoms with Crippen LogP contribution < -0.4 is 5.32 Å². The normalized spacial score (nSPS) is 19.7. The predicted octanol–water partition coefficient (Wildman–Crippen LogP) is 0.843. The Hall–Kier alpha value is -2.25. The van der Waals surface area contributed by atoms with Crippen LogP contribution >= 0.6 is 0 Å². The second-order valence-corrected chi connectivity index (χ2v) is 5.36. The van der Waals surface area contributed by atoms with Crippen molar-refractivity contribution in [3.8, 4) is 11.5 Å². The van der Waals surface area contributed by atoms with E-state index in [1.807, 2.05) is 35.2 Å². The minimum absolute atomic E-state index is 0.414. The molecule has 0 saturated carbocycles. The third-order valence-corrected chi connectivity index (χ3v) is 3.68. The zero-order valence-corrected chi connectivity index (χ0v) is 12.1. The second-order valence-electron chi connectivity index (χ2n) is 5.36. The molecule has 1 atom stereocenters. The Morgan fingerprint density at radius 3 is 3.00 bits per heavy atom. The van der Waals surface area contributed by atoms with Crippen LogP contribution in [0.3, 0.4) is 0 Å². The molecule has 116 valence electrons. The fourth-order valence-electron chi connectivity index (χ4n) is 2.51. The lowest BCUT2D eigenvalue weighted by atomic mass is 10.1. The van der Waals surface area contributed by atoms with Gasteiger partial charge < -0.3 is 14.9 Å². The highest BCUT2D eigenvalue weighted by Gasteiger charge is 2.24. The van der Waals surface area contributed by atoms with Gasteiger partial charge in [0.1, 0.15) is 0 Å². The second kappa shape index (κ2) is 6.67. The number of carbonyl (C=O) groups is 1. The highest BCUT2D eigenvalue weighted by atomic mass is 16.5. The standard InChI is InChI=1S/C15H18N4O3/c20-15(21)12-8-16-6-7-19(9-12)10-13-17-14(22-18-13)11-4-2-1-3-5-11/h1-5,12,16H,6-10H2,(H,20,21)/t12-/m0/s1. The number of benzene rings is 1. The van der Waals surface area contributed by atoms with Crippen molar-refractivity contribution in [2.75, 3.05) is 26.2 Å². The summed E-state index contributed by atoms with van der Waals surface area (Å²) in [6.07, 6.45) is 0. The van der Waals surface area contributed by atoms with Gasteiger partial charge in [-0.3, -0.25) is 9.69 Å². The molecule has 0 amide bonds. The van der Waals surface area contributed by atoms with Crippen LogP contribution in [-0.2, 0) is 11.3 Å². The van der Waals surface area contributed by atoms with Gasteiger partial charge in [-0.15, -0.1) is 0 Å². The molecule has 1 saturated heterocycles. The van der Waals surface area contributed by atoms with Crippen LogP contribution in [0.5, 0.6) is 0 Å². The Bertz CT molecular complexity index is 629. The average Bonchev–Trinajstić information content (AvgIpc) is 2.86. The van der Waals surface area contributed by atoms with Crippen LogP contribution in [0.25, 0.3) is 11.5 Å². The van der Waals surface area contributed by atoms with E-state index in [0.717, 1.165) is 18.7 Å². The van der Waals surface area contributed by atoms with Crippen molar-refractivity contribution in [3.63, 3.8) is 0 Å². The SMILES string of the molecule is O=C(O)[C@H]1CNCCN(Cc2noc(-c3ccccc3)n2)C1. The molecule has 2 heterocycles. The van der Waals surface area contributed by atoms with E-state index >= 15 is 0 Å². The molecule has 1 aromatic heterocycles. The highest BCUT2D eigenvalue weighted by Crippen LogP contribution is 2.17. The van der Waals surface area contributed by atoms with E-state index in [-0.39, 0.29) is 0 Å². The number of hydrogen-bond donors (Lipinski definition) is 2. The summed E-state index contributed by atoms with van der Waals surface area (Å²) in [5, 5.41) is 16.3. The van der Waals surface area contributed by atoms with Gasteiger partial charge in [0.15, 0.2) is 5.82 Å². The van der Waals surface area contributed by atoms with E-state index in [1.165, 1.54) is 0 Å². The van der Waals surface area contributed by atoms with Crippen molar-refractivity contribution >= 4 is 5.97 Å². The summed E-state index contributed by atoms with van der Waals surface area (Å²) in [5.74, 6) is -0.135. The maximum Gasteiger partial charge on any atom is 0.309 e. The lowest BCUT2D eigenvalue weighted by Crippen LogP contribution is -2.33. The molecular formula is C15H18N4O3. The van der Waals surface area contributed by atoms with E-state index in [0.29, 0.717) is 31.3 Å². The molecule has 22 heavy (non-hydrogen) atoms. The van der Waals surface area contributed by atoms with Crippen LogP contribution in [0.15, 0.2) is 34.9 Å². The zero-order chi connectivity index (χ0) is 15.4. The van der Waals surface area contributed by atoms with Gasteiger partial charge >= 0.3 is 5.97 Å². The number of nitrogens with one attached hydrogen (secondary N) is 1. The Morgan fingerprint density at radius 2 is 2.23 bits per heavy atom. The van der Waals surface area contributed by atoms with Crippen molar-refractivity contribution in [2.24, 2.45) is 5.92 Å². The van der Waals surface area contributed by atoms with E-state index in [1.54, 1.807) is 0 Å². The molecule has 7 heteroatoms. The molecule has 0 unspecified atom stereocenters. The van der Waals surface area contributed by atoms with Crippen LogP contribution in [0.1, 0.15) is 5.82 Å². The van der Waals surface area contributed by atoms with Gasteiger partial charge in [0.05, 0.1) is 12.5 Å². The minimum atomic E-state index is -0.780. The summed E-state index contributed by atoms with van der Waals surface area (Å²) in [5.41, 5.74) is 0.877. The maximum atomic E-state index is 11.2. The van der Waals surface area contributed by atoms with E-state index in [9.17, 15) is 9.90 Å². The number of hydrogen-bond acceptors (Lipinski definition) is 6. The molecule has 1 aliphatic rings. The van der Waals surface area contributed by atoms with Crippen LogP contribution in [0, 0.1) is 5.92 Å². The average molecular weight is 302 g/mol. The van der Waals surface area contributed by atoms with E-state index < -0.39 is 11.9 Å². The van der Waals surface area contributed by atoms with Crippen molar-refractivity contribution in [3.05, 3.63) is 36.2 Å². The number of rotatable bonds is 4. The molecule has 3 rings (SSSR count). The summed E-state index contributed by atoms with van der Waals surface area (Å²) >= 11 is 0. The summed E-state index contributed by atoms with van der Waals surface area (Å²) < 4.78 is 5.28. The predicted molar refractivity (Wildman–Crippen MR) is 79.0 cm³/mol. The van der Waals surface area contributed by atoms with Crippen LogP contribution in [-0.4, -0.2) is 52.3 Å². The number of aromatic nitrogens is 2. The summed E-state index contributed by atoms with van der Waals surface area (Å²) in [7, 11) is 0. The first-order valence-corrected chi connectivity index (χ1v) is 7.26. The Kier molecular flexibility index (Phi) is 4.45. The van der Waals surface area contributed by atoms with Gasteiger partial charge in [-0.2, -0.15) is 4.98 Å². The topological polar surface area (TPSA) is 91.5 Å². The van der Waals surface area contributed by atoms with Crippen molar-refractivity contribution in [1.82, 2.24) is 20.4 Å². The maximum absolute atomic E-state index is 11.2. The van der Waals surface area contributed by atoms with Gasteiger partial charge in [-0.25, -0.2) is 0 Å². The molecule has 1 aliphatic heterocycles. The van der Waals surface area contributed by atoms with E-state index in [4.69, 9.17) is 4.52 Å². The smallest absolute Gasteiger partial charge is 0.309 e. The minimum Gasteiger partial charge on any atom is -0.481 e. The zero-order valence-electron chi connectivity index (χ0n) is 12.1. The van der Waals surface area contributed by atoms with Gasteiger partial charge in [-0.05, 0) is 12.1 Å². The fourth-order valence-corrected chi connectivity index (χ4v) is 2.51. The first-order valence-electron chi connectivity index (χ1n) is 7.26. The third-order valence-electron chi connectivity index (χ3n) is 3.68. The Morgan fingerprint density at radius 1 is 1.41 bits per heavy atom. The molecule has 1 aromatic carbocycles. The Balaban J connectivity index is 1.68. The number of carboxylic acid groups (broad SMARTS) is 1. The highest BCUT2D eigenvalue weighted by molar-refractivity contribution is 5.70. The molecule has 0 radical (unpaired) electrons. The number of aliphatic carboxylic acids is 1. The van der Waals surface area contributed by atoms with Gasteiger partial charge in [0, 0.05) is 31.7 Å². The molecule has 7 nitrogen and oxygen atoms in total. The number of carboxylic acids is 1. The van der Waals surface area contributed by atoms with Crippen LogP contribution in [0.2, 0.25) is 0 Å². The monoisotopic (exact) mass is 302 g/mol. The molecular weight excluding hydrogens is 284 g/mol. The largest absolute Gasteiger partial charge is 0.481 e.